The summed E-state index contributed by atoms with van der Waals surface area (Å²) in [5, 5.41) is 5.29. The van der Waals surface area contributed by atoms with Crippen LogP contribution in [0.15, 0.2) is 18.5 Å². The van der Waals surface area contributed by atoms with Gasteiger partial charge in [0.1, 0.15) is 5.65 Å². The Morgan fingerprint density at radius 1 is 1.31 bits per heavy atom. The van der Waals surface area contributed by atoms with E-state index in [-0.39, 0.29) is 0 Å². The van der Waals surface area contributed by atoms with Gasteiger partial charge in [-0.3, -0.25) is 0 Å². The van der Waals surface area contributed by atoms with Crippen LogP contribution in [0.5, 0.6) is 0 Å². The van der Waals surface area contributed by atoms with Crippen LogP contribution in [0.3, 0.4) is 0 Å². The first-order chi connectivity index (χ1) is 7.86. The summed E-state index contributed by atoms with van der Waals surface area (Å²) in [7, 11) is 0. The average Bonchev–Trinajstić information content (AvgIpc) is 2.75. The SMILES string of the molecule is Clc1ccnc2[nH]cc(C3CCNCC3)c12. The molecule has 84 valence electrons. The van der Waals surface area contributed by atoms with Crippen LogP contribution in [0.1, 0.15) is 24.3 Å². The Bertz CT molecular complexity index is 500. The van der Waals surface area contributed by atoms with Crippen molar-refractivity contribution in [1.29, 1.82) is 0 Å². The van der Waals surface area contributed by atoms with Gasteiger partial charge in [-0.05, 0) is 43.5 Å². The van der Waals surface area contributed by atoms with E-state index in [0.717, 1.165) is 29.1 Å². The Balaban J connectivity index is 2.09. The fraction of sp³-hybridized carbons (Fsp3) is 0.417. The third kappa shape index (κ3) is 1.60. The van der Waals surface area contributed by atoms with Crippen molar-refractivity contribution < 1.29 is 0 Å². The molecule has 0 aromatic carbocycles. The zero-order valence-electron chi connectivity index (χ0n) is 8.96. The summed E-state index contributed by atoms with van der Waals surface area (Å²) in [5.74, 6) is 0.608. The molecule has 4 heteroatoms. The van der Waals surface area contributed by atoms with Gasteiger partial charge >= 0.3 is 0 Å². The molecule has 1 aliphatic heterocycles. The number of aromatic nitrogens is 2. The summed E-state index contributed by atoms with van der Waals surface area (Å²) >= 11 is 6.25. The van der Waals surface area contributed by atoms with Crippen LogP contribution < -0.4 is 5.32 Å². The van der Waals surface area contributed by atoms with Gasteiger partial charge in [0.05, 0.1) is 5.02 Å². The number of nitrogens with zero attached hydrogens (tertiary/aromatic N) is 1. The summed E-state index contributed by atoms with van der Waals surface area (Å²) in [6, 6.07) is 1.86. The first-order valence-corrected chi connectivity index (χ1v) is 6.06. The second kappa shape index (κ2) is 4.07. The van der Waals surface area contributed by atoms with Crippen LogP contribution >= 0.6 is 11.6 Å². The van der Waals surface area contributed by atoms with Crippen molar-refractivity contribution >= 4 is 22.6 Å². The van der Waals surface area contributed by atoms with Gasteiger partial charge in [-0.25, -0.2) is 4.98 Å². The molecular formula is C12H14ClN3. The first-order valence-electron chi connectivity index (χ1n) is 5.68. The van der Waals surface area contributed by atoms with Crippen LogP contribution in [0.2, 0.25) is 5.02 Å². The van der Waals surface area contributed by atoms with E-state index >= 15 is 0 Å². The highest BCUT2D eigenvalue weighted by atomic mass is 35.5. The summed E-state index contributed by atoms with van der Waals surface area (Å²) in [5.41, 5.74) is 2.23. The van der Waals surface area contributed by atoms with Gasteiger partial charge in [0.15, 0.2) is 0 Å². The largest absolute Gasteiger partial charge is 0.346 e. The predicted octanol–water partition coefficient (Wildman–Crippen LogP) is 2.68. The number of fused-ring (bicyclic) bond motifs is 1. The van der Waals surface area contributed by atoms with Crippen molar-refractivity contribution in [2.45, 2.75) is 18.8 Å². The zero-order valence-corrected chi connectivity index (χ0v) is 9.72. The van der Waals surface area contributed by atoms with Gasteiger partial charge < -0.3 is 10.3 Å². The number of piperidine rings is 1. The van der Waals surface area contributed by atoms with Crippen LogP contribution in [0, 0.1) is 0 Å². The smallest absolute Gasteiger partial charge is 0.139 e. The minimum absolute atomic E-state index is 0.608. The molecule has 1 saturated heterocycles. The second-order valence-electron chi connectivity index (χ2n) is 4.28. The standard InChI is InChI=1S/C12H14ClN3/c13-10-3-6-15-12-11(10)9(7-16-12)8-1-4-14-5-2-8/h3,6-8,14H,1-2,4-5H2,(H,15,16). The van der Waals surface area contributed by atoms with E-state index in [1.807, 2.05) is 6.07 Å². The maximum atomic E-state index is 6.25. The highest BCUT2D eigenvalue weighted by Crippen LogP contribution is 2.34. The molecule has 3 rings (SSSR count). The maximum Gasteiger partial charge on any atom is 0.139 e. The quantitative estimate of drug-likeness (QED) is 0.798. The van der Waals surface area contributed by atoms with E-state index in [1.54, 1.807) is 6.20 Å². The predicted molar refractivity (Wildman–Crippen MR) is 65.9 cm³/mol. The van der Waals surface area contributed by atoms with Crippen molar-refractivity contribution in [2.75, 3.05) is 13.1 Å². The lowest BCUT2D eigenvalue weighted by Gasteiger charge is -2.22. The molecular weight excluding hydrogens is 222 g/mol. The van der Waals surface area contributed by atoms with Gasteiger partial charge in [0.2, 0.25) is 0 Å². The van der Waals surface area contributed by atoms with Gasteiger partial charge in [0.25, 0.3) is 0 Å². The molecule has 0 radical (unpaired) electrons. The van der Waals surface area contributed by atoms with Crippen molar-refractivity contribution in [3.05, 3.63) is 29.0 Å². The number of rotatable bonds is 1. The molecule has 0 saturated carbocycles. The second-order valence-corrected chi connectivity index (χ2v) is 4.69. The average molecular weight is 236 g/mol. The van der Waals surface area contributed by atoms with E-state index in [2.05, 4.69) is 21.5 Å². The number of pyridine rings is 1. The molecule has 1 fully saturated rings. The molecule has 0 aliphatic carbocycles. The summed E-state index contributed by atoms with van der Waals surface area (Å²) < 4.78 is 0. The zero-order chi connectivity index (χ0) is 11.0. The molecule has 0 atom stereocenters. The van der Waals surface area contributed by atoms with Crippen LogP contribution in [-0.4, -0.2) is 23.1 Å². The Kier molecular flexibility index (Phi) is 2.58. The molecule has 0 spiro atoms. The highest BCUT2D eigenvalue weighted by molar-refractivity contribution is 6.35. The Labute approximate surface area is 99.2 Å². The Morgan fingerprint density at radius 3 is 2.94 bits per heavy atom. The van der Waals surface area contributed by atoms with Crippen molar-refractivity contribution in [3.63, 3.8) is 0 Å². The molecule has 2 aromatic rings. The molecule has 0 bridgehead atoms. The molecule has 0 unspecified atom stereocenters. The first kappa shape index (κ1) is 10.1. The summed E-state index contributed by atoms with van der Waals surface area (Å²) in [6.45, 7) is 2.18. The van der Waals surface area contributed by atoms with E-state index in [9.17, 15) is 0 Å². The molecule has 0 amide bonds. The lowest BCUT2D eigenvalue weighted by molar-refractivity contribution is 0.462. The summed E-state index contributed by atoms with van der Waals surface area (Å²) in [4.78, 5) is 7.51. The third-order valence-electron chi connectivity index (χ3n) is 3.33. The van der Waals surface area contributed by atoms with Crippen molar-refractivity contribution in [2.24, 2.45) is 0 Å². The summed E-state index contributed by atoms with van der Waals surface area (Å²) in [6.07, 6.45) is 6.17. The van der Waals surface area contributed by atoms with Crippen LogP contribution in [0.4, 0.5) is 0 Å². The fourth-order valence-electron chi connectivity index (χ4n) is 2.50. The number of aromatic amines is 1. The Hall–Kier alpha value is -1.06. The monoisotopic (exact) mass is 235 g/mol. The van der Waals surface area contributed by atoms with Gasteiger partial charge in [0, 0.05) is 17.8 Å². The third-order valence-corrected chi connectivity index (χ3v) is 3.65. The molecule has 2 aromatic heterocycles. The fourth-order valence-corrected chi connectivity index (χ4v) is 2.75. The molecule has 3 nitrogen and oxygen atoms in total. The van der Waals surface area contributed by atoms with Gasteiger partial charge in [-0.1, -0.05) is 11.6 Å². The molecule has 1 aliphatic rings. The van der Waals surface area contributed by atoms with Gasteiger partial charge in [-0.2, -0.15) is 0 Å². The number of hydrogen-bond donors (Lipinski definition) is 2. The van der Waals surface area contributed by atoms with Crippen molar-refractivity contribution in [3.8, 4) is 0 Å². The minimum atomic E-state index is 0.608. The normalized spacial score (nSPS) is 18.1. The minimum Gasteiger partial charge on any atom is -0.346 e. The van der Waals surface area contributed by atoms with E-state index in [4.69, 9.17) is 11.6 Å². The molecule has 16 heavy (non-hydrogen) atoms. The van der Waals surface area contributed by atoms with E-state index in [1.165, 1.54) is 18.4 Å². The van der Waals surface area contributed by atoms with Crippen molar-refractivity contribution in [1.82, 2.24) is 15.3 Å². The topological polar surface area (TPSA) is 40.7 Å². The number of nitrogens with one attached hydrogen (secondary N) is 2. The highest BCUT2D eigenvalue weighted by Gasteiger charge is 2.19. The van der Waals surface area contributed by atoms with Crippen LogP contribution in [0.25, 0.3) is 11.0 Å². The van der Waals surface area contributed by atoms with Gasteiger partial charge in [-0.15, -0.1) is 0 Å². The maximum absolute atomic E-state index is 6.25. The number of H-pyrrole nitrogens is 1. The van der Waals surface area contributed by atoms with Crippen LogP contribution in [-0.2, 0) is 0 Å². The number of halogens is 1. The van der Waals surface area contributed by atoms with E-state index < -0.39 is 0 Å². The molecule has 2 N–H and O–H groups in total. The number of hydrogen-bond acceptors (Lipinski definition) is 2. The lowest BCUT2D eigenvalue weighted by atomic mass is 9.90. The Morgan fingerprint density at radius 2 is 2.12 bits per heavy atom. The lowest BCUT2D eigenvalue weighted by Crippen LogP contribution is -2.26. The van der Waals surface area contributed by atoms with E-state index in [0.29, 0.717) is 5.92 Å². The molecule has 3 heterocycles.